The molecule has 0 aliphatic carbocycles. The molecule has 0 aromatic carbocycles. The first-order chi connectivity index (χ1) is 7.34. The number of hydrogen-bond acceptors (Lipinski definition) is 4. The van der Waals surface area contributed by atoms with Crippen LogP contribution in [0.2, 0.25) is 5.02 Å². The Balaban J connectivity index is 1.81. The van der Waals surface area contributed by atoms with Gasteiger partial charge in [-0.3, -0.25) is 0 Å². The fraction of sp³-hybridized carbons (Fsp3) is 0.200. The van der Waals surface area contributed by atoms with E-state index in [4.69, 9.17) is 11.6 Å². The van der Waals surface area contributed by atoms with Crippen molar-refractivity contribution in [3.05, 3.63) is 39.8 Å². The zero-order valence-corrected chi connectivity index (χ0v) is 9.55. The molecule has 0 saturated heterocycles. The Kier molecular flexibility index (Phi) is 3.53. The van der Waals surface area contributed by atoms with E-state index in [2.05, 4.69) is 32.8 Å². The van der Waals surface area contributed by atoms with Gasteiger partial charge in [-0.15, -0.1) is 11.3 Å². The van der Waals surface area contributed by atoms with Gasteiger partial charge in [0.2, 0.25) is 5.95 Å². The molecule has 2 aromatic heterocycles. The van der Waals surface area contributed by atoms with Gasteiger partial charge in [0.25, 0.3) is 0 Å². The van der Waals surface area contributed by atoms with Crippen molar-refractivity contribution >= 4 is 28.9 Å². The van der Waals surface area contributed by atoms with Gasteiger partial charge in [0.15, 0.2) is 0 Å². The van der Waals surface area contributed by atoms with Gasteiger partial charge in [-0.25, -0.2) is 9.97 Å². The Hall–Kier alpha value is -1.13. The third kappa shape index (κ3) is 3.18. The lowest BCUT2D eigenvalue weighted by molar-refractivity contribution is 1.00. The fourth-order valence-electron chi connectivity index (χ4n) is 1.16. The predicted octanol–water partition coefficient (Wildman–Crippen LogP) is 2.85. The number of nitrogens with zero attached hydrogens (tertiary/aromatic N) is 2. The van der Waals surface area contributed by atoms with Gasteiger partial charge in [-0.2, -0.15) is 0 Å². The third-order valence-corrected chi connectivity index (χ3v) is 2.99. The fourth-order valence-corrected chi connectivity index (χ4v) is 1.96. The molecule has 0 bridgehead atoms. The topological polar surface area (TPSA) is 37.8 Å². The van der Waals surface area contributed by atoms with Crippen LogP contribution in [-0.2, 0) is 6.42 Å². The van der Waals surface area contributed by atoms with E-state index in [1.54, 1.807) is 23.7 Å². The van der Waals surface area contributed by atoms with E-state index in [0.29, 0.717) is 11.0 Å². The van der Waals surface area contributed by atoms with Crippen molar-refractivity contribution in [2.45, 2.75) is 6.42 Å². The molecule has 2 aromatic rings. The summed E-state index contributed by atoms with van der Waals surface area (Å²) in [6, 6.07) is 4.17. The maximum Gasteiger partial charge on any atom is 0.222 e. The first-order valence-corrected chi connectivity index (χ1v) is 5.84. The smallest absolute Gasteiger partial charge is 0.222 e. The lowest BCUT2D eigenvalue weighted by atomic mass is 10.3. The van der Waals surface area contributed by atoms with Crippen molar-refractivity contribution in [3.8, 4) is 0 Å². The Morgan fingerprint density at radius 1 is 1.33 bits per heavy atom. The van der Waals surface area contributed by atoms with Crippen LogP contribution < -0.4 is 5.32 Å². The summed E-state index contributed by atoms with van der Waals surface area (Å²) in [4.78, 5) is 9.45. The molecular weight excluding hydrogens is 230 g/mol. The van der Waals surface area contributed by atoms with Crippen LogP contribution in [0.5, 0.6) is 0 Å². The normalized spacial score (nSPS) is 10.2. The second-order valence-electron chi connectivity index (χ2n) is 2.98. The summed E-state index contributed by atoms with van der Waals surface area (Å²) in [5, 5.41) is 5.77. The highest BCUT2D eigenvalue weighted by atomic mass is 35.5. The van der Waals surface area contributed by atoms with Crippen LogP contribution in [0.3, 0.4) is 0 Å². The molecule has 1 N–H and O–H groups in total. The number of nitrogens with one attached hydrogen (secondary N) is 1. The van der Waals surface area contributed by atoms with Crippen LogP contribution in [0.1, 0.15) is 4.88 Å². The Morgan fingerprint density at radius 3 is 2.80 bits per heavy atom. The summed E-state index contributed by atoms with van der Waals surface area (Å²) in [7, 11) is 0. The average molecular weight is 240 g/mol. The van der Waals surface area contributed by atoms with Crippen LogP contribution in [0, 0.1) is 0 Å². The average Bonchev–Trinajstić information content (AvgIpc) is 2.74. The lowest BCUT2D eigenvalue weighted by Crippen LogP contribution is -2.06. The lowest BCUT2D eigenvalue weighted by Gasteiger charge is -2.02. The van der Waals surface area contributed by atoms with Crippen LogP contribution >= 0.6 is 22.9 Å². The molecule has 0 amide bonds. The molecule has 0 unspecified atom stereocenters. The minimum atomic E-state index is 0.554. The summed E-state index contributed by atoms with van der Waals surface area (Å²) in [6.07, 6.45) is 4.16. The van der Waals surface area contributed by atoms with E-state index in [0.717, 1.165) is 13.0 Å². The highest BCUT2D eigenvalue weighted by molar-refractivity contribution is 7.09. The Labute approximate surface area is 97.2 Å². The third-order valence-electron chi connectivity index (χ3n) is 1.85. The predicted molar refractivity (Wildman–Crippen MR) is 63.6 cm³/mol. The molecule has 0 saturated carbocycles. The van der Waals surface area contributed by atoms with Crippen LogP contribution in [0.25, 0.3) is 0 Å². The summed E-state index contributed by atoms with van der Waals surface area (Å²) in [5.74, 6) is 0.621. The van der Waals surface area contributed by atoms with Crippen molar-refractivity contribution in [3.63, 3.8) is 0 Å². The molecule has 5 heteroatoms. The maximum absolute atomic E-state index is 5.68. The van der Waals surface area contributed by atoms with E-state index < -0.39 is 0 Å². The van der Waals surface area contributed by atoms with Gasteiger partial charge < -0.3 is 5.32 Å². The number of rotatable bonds is 4. The van der Waals surface area contributed by atoms with Crippen molar-refractivity contribution in [1.29, 1.82) is 0 Å². The summed E-state index contributed by atoms with van der Waals surface area (Å²) in [5.41, 5.74) is 0. The van der Waals surface area contributed by atoms with E-state index in [1.165, 1.54) is 4.88 Å². The van der Waals surface area contributed by atoms with Gasteiger partial charge >= 0.3 is 0 Å². The molecular formula is C10H10ClN3S. The number of halogens is 1. The molecule has 0 aliphatic heterocycles. The van der Waals surface area contributed by atoms with Crippen molar-refractivity contribution in [1.82, 2.24) is 9.97 Å². The molecule has 3 nitrogen and oxygen atoms in total. The monoisotopic (exact) mass is 239 g/mol. The summed E-state index contributed by atoms with van der Waals surface area (Å²) >= 11 is 7.43. The van der Waals surface area contributed by atoms with E-state index >= 15 is 0 Å². The number of thiophene rings is 1. The van der Waals surface area contributed by atoms with Crippen molar-refractivity contribution in [2.75, 3.05) is 11.9 Å². The zero-order chi connectivity index (χ0) is 10.5. The number of hydrogen-bond donors (Lipinski definition) is 1. The first kappa shape index (κ1) is 10.4. The maximum atomic E-state index is 5.68. The van der Waals surface area contributed by atoms with E-state index in [9.17, 15) is 0 Å². The molecule has 2 rings (SSSR count). The standard InChI is InChI=1S/C10H10ClN3S/c11-8-6-13-10(14-7-8)12-4-3-9-2-1-5-15-9/h1-2,5-7H,3-4H2,(H,12,13,14). The highest BCUT2D eigenvalue weighted by Crippen LogP contribution is 2.09. The molecule has 0 aliphatic rings. The quantitative estimate of drug-likeness (QED) is 0.892. The number of anilines is 1. The molecule has 2 heterocycles. The molecule has 15 heavy (non-hydrogen) atoms. The van der Waals surface area contributed by atoms with Crippen LogP contribution in [0.15, 0.2) is 29.9 Å². The summed E-state index contributed by atoms with van der Waals surface area (Å²) in [6.45, 7) is 0.835. The van der Waals surface area contributed by atoms with Gasteiger partial charge in [-0.1, -0.05) is 17.7 Å². The first-order valence-electron chi connectivity index (χ1n) is 4.58. The minimum Gasteiger partial charge on any atom is -0.354 e. The van der Waals surface area contributed by atoms with Gasteiger partial charge in [0.05, 0.1) is 17.4 Å². The molecule has 0 atom stereocenters. The van der Waals surface area contributed by atoms with E-state index in [-0.39, 0.29) is 0 Å². The molecule has 0 radical (unpaired) electrons. The highest BCUT2D eigenvalue weighted by Gasteiger charge is 1.96. The van der Waals surface area contributed by atoms with Gasteiger partial charge in [0.1, 0.15) is 0 Å². The Morgan fingerprint density at radius 2 is 2.13 bits per heavy atom. The Bertz CT molecular complexity index is 399. The van der Waals surface area contributed by atoms with Crippen LogP contribution in [-0.4, -0.2) is 16.5 Å². The minimum absolute atomic E-state index is 0.554. The number of aromatic nitrogens is 2. The van der Waals surface area contributed by atoms with Gasteiger partial charge in [-0.05, 0) is 17.9 Å². The van der Waals surface area contributed by atoms with Crippen molar-refractivity contribution in [2.24, 2.45) is 0 Å². The molecule has 0 fully saturated rings. The second kappa shape index (κ2) is 5.09. The van der Waals surface area contributed by atoms with E-state index in [1.807, 2.05) is 0 Å². The second-order valence-corrected chi connectivity index (χ2v) is 4.45. The molecule has 78 valence electrons. The summed E-state index contributed by atoms with van der Waals surface area (Å²) < 4.78 is 0. The largest absolute Gasteiger partial charge is 0.354 e. The SMILES string of the molecule is Clc1cnc(NCCc2cccs2)nc1. The van der Waals surface area contributed by atoms with Crippen LogP contribution in [0.4, 0.5) is 5.95 Å². The zero-order valence-electron chi connectivity index (χ0n) is 7.98. The van der Waals surface area contributed by atoms with Crippen molar-refractivity contribution < 1.29 is 0 Å². The van der Waals surface area contributed by atoms with Gasteiger partial charge in [0, 0.05) is 11.4 Å². The molecule has 0 spiro atoms.